The molecule has 0 saturated carbocycles. The van der Waals surface area contributed by atoms with Crippen molar-refractivity contribution in [2.24, 2.45) is 0 Å². The van der Waals surface area contributed by atoms with Crippen molar-refractivity contribution in [3.8, 4) is 0 Å². The number of hydrogen-bond donors (Lipinski definition) is 2. The summed E-state index contributed by atoms with van der Waals surface area (Å²) in [5.74, 6) is 0.629. The Kier molecular flexibility index (Phi) is 6.39. The molecule has 6 heteroatoms. The van der Waals surface area contributed by atoms with Crippen LogP contribution in [0.1, 0.15) is 22.6 Å². The van der Waals surface area contributed by atoms with Crippen LogP contribution in [0.2, 0.25) is 0 Å². The number of benzene rings is 1. The average molecular weight is 310 g/mol. The number of carbonyl (C=O) groups is 1. The molecule has 0 bridgehead atoms. The zero-order valence-electron chi connectivity index (χ0n) is 12.4. The highest BCUT2D eigenvalue weighted by Gasteiger charge is 2.14. The molecule has 0 aliphatic carbocycles. The lowest BCUT2D eigenvalue weighted by Crippen LogP contribution is -2.17. The molecule has 21 heavy (non-hydrogen) atoms. The third kappa shape index (κ3) is 4.31. The number of nitrogens with zero attached hydrogens (tertiary/aromatic N) is 1. The van der Waals surface area contributed by atoms with E-state index in [4.69, 9.17) is 4.52 Å². The SMILES string of the molecule is CNCc1ccccc1NC(=O)Cc1c(C)noc1C.Cl. The van der Waals surface area contributed by atoms with E-state index in [2.05, 4.69) is 15.8 Å². The lowest BCUT2D eigenvalue weighted by atomic mass is 10.1. The number of rotatable bonds is 5. The summed E-state index contributed by atoms with van der Waals surface area (Å²) < 4.78 is 5.07. The van der Waals surface area contributed by atoms with Crippen LogP contribution in [0.5, 0.6) is 0 Å². The van der Waals surface area contributed by atoms with E-state index in [0.29, 0.717) is 12.3 Å². The highest BCUT2D eigenvalue weighted by Crippen LogP contribution is 2.17. The maximum absolute atomic E-state index is 12.1. The third-order valence-electron chi connectivity index (χ3n) is 3.18. The summed E-state index contributed by atoms with van der Waals surface area (Å²) in [5.41, 5.74) is 3.51. The van der Waals surface area contributed by atoms with E-state index in [9.17, 15) is 4.79 Å². The monoisotopic (exact) mass is 309 g/mol. The van der Waals surface area contributed by atoms with Crippen molar-refractivity contribution >= 4 is 24.0 Å². The van der Waals surface area contributed by atoms with Gasteiger partial charge in [0.05, 0.1) is 12.1 Å². The lowest BCUT2D eigenvalue weighted by Gasteiger charge is -2.10. The summed E-state index contributed by atoms with van der Waals surface area (Å²) in [5, 5.41) is 9.88. The van der Waals surface area contributed by atoms with Crippen LogP contribution < -0.4 is 10.6 Å². The number of nitrogens with one attached hydrogen (secondary N) is 2. The molecule has 1 heterocycles. The van der Waals surface area contributed by atoms with Crippen LogP contribution in [0.15, 0.2) is 28.8 Å². The molecule has 2 N–H and O–H groups in total. The molecule has 0 aliphatic rings. The van der Waals surface area contributed by atoms with Gasteiger partial charge in [-0.3, -0.25) is 4.79 Å². The molecule has 2 rings (SSSR count). The van der Waals surface area contributed by atoms with Crippen molar-refractivity contribution in [2.45, 2.75) is 26.8 Å². The molecule has 1 aromatic carbocycles. The number of carbonyl (C=O) groups excluding carboxylic acids is 1. The fourth-order valence-corrected chi connectivity index (χ4v) is 2.10. The van der Waals surface area contributed by atoms with Gasteiger partial charge in [0, 0.05) is 17.8 Å². The fraction of sp³-hybridized carbons (Fsp3) is 0.333. The maximum atomic E-state index is 12.1. The van der Waals surface area contributed by atoms with Crippen LogP contribution in [0.3, 0.4) is 0 Å². The second-order valence-electron chi connectivity index (χ2n) is 4.72. The standard InChI is InChI=1S/C15H19N3O2.ClH/c1-10-13(11(2)20-18-10)8-15(19)17-14-7-5-4-6-12(14)9-16-3;/h4-7,16H,8-9H2,1-3H3,(H,17,19);1H. The molecule has 0 aliphatic heterocycles. The zero-order chi connectivity index (χ0) is 14.5. The Hall–Kier alpha value is -1.85. The molecule has 2 aromatic rings. The van der Waals surface area contributed by atoms with Gasteiger partial charge >= 0.3 is 0 Å². The first kappa shape index (κ1) is 17.2. The lowest BCUT2D eigenvalue weighted by molar-refractivity contribution is -0.115. The van der Waals surface area contributed by atoms with Crippen LogP contribution in [-0.4, -0.2) is 18.1 Å². The van der Waals surface area contributed by atoms with Crippen molar-refractivity contribution in [2.75, 3.05) is 12.4 Å². The van der Waals surface area contributed by atoms with Gasteiger partial charge in [-0.15, -0.1) is 12.4 Å². The molecule has 1 aromatic heterocycles. The Morgan fingerprint density at radius 2 is 2.00 bits per heavy atom. The summed E-state index contributed by atoms with van der Waals surface area (Å²) in [6.45, 7) is 4.37. The molecular weight excluding hydrogens is 290 g/mol. The van der Waals surface area contributed by atoms with Crippen molar-refractivity contribution in [1.82, 2.24) is 10.5 Å². The smallest absolute Gasteiger partial charge is 0.229 e. The number of halogens is 1. The molecule has 0 unspecified atom stereocenters. The second kappa shape index (κ2) is 7.81. The highest BCUT2D eigenvalue weighted by atomic mass is 35.5. The van der Waals surface area contributed by atoms with E-state index in [1.807, 2.05) is 45.2 Å². The number of para-hydroxylation sites is 1. The first-order chi connectivity index (χ1) is 9.61. The van der Waals surface area contributed by atoms with Crippen LogP contribution >= 0.6 is 12.4 Å². The van der Waals surface area contributed by atoms with Gasteiger partial charge in [0.15, 0.2) is 0 Å². The predicted octanol–water partition coefficient (Wildman–Crippen LogP) is 2.61. The van der Waals surface area contributed by atoms with Gasteiger partial charge in [0.1, 0.15) is 5.76 Å². The summed E-state index contributed by atoms with van der Waals surface area (Å²) in [6.07, 6.45) is 0.273. The van der Waals surface area contributed by atoms with Gasteiger partial charge in [-0.2, -0.15) is 0 Å². The van der Waals surface area contributed by atoms with E-state index >= 15 is 0 Å². The predicted molar refractivity (Wildman–Crippen MR) is 84.8 cm³/mol. The molecule has 0 fully saturated rings. The number of aromatic nitrogens is 1. The van der Waals surface area contributed by atoms with E-state index < -0.39 is 0 Å². The molecule has 0 atom stereocenters. The minimum atomic E-state index is -0.0667. The first-order valence-electron chi connectivity index (χ1n) is 6.56. The topological polar surface area (TPSA) is 67.2 Å². The molecule has 0 spiro atoms. The maximum Gasteiger partial charge on any atom is 0.229 e. The summed E-state index contributed by atoms with van der Waals surface area (Å²) in [7, 11) is 1.88. The van der Waals surface area contributed by atoms with Crippen LogP contribution in [0.4, 0.5) is 5.69 Å². The minimum Gasteiger partial charge on any atom is -0.361 e. The van der Waals surface area contributed by atoms with Crippen molar-refractivity contribution in [1.29, 1.82) is 0 Å². The molecule has 114 valence electrons. The second-order valence-corrected chi connectivity index (χ2v) is 4.72. The van der Waals surface area contributed by atoms with Crippen LogP contribution in [0, 0.1) is 13.8 Å². The van der Waals surface area contributed by atoms with Crippen molar-refractivity contribution in [3.63, 3.8) is 0 Å². The van der Waals surface area contributed by atoms with Crippen molar-refractivity contribution in [3.05, 3.63) is 46.8 Å². The largest absolute Gasteiger partial charge is 0.361 e. The van der Waals surface area contributed by atoms with Gasteiger partial charge in [-0.1, -0.05) is 23.4 Å². The fourth-order valence-electron chi connectivity index (χ4n) is 2.10. The molecule has 1 amide bonds. The van der Waals surface area contributed by atoms with Crippen LogP contribution in [-0.2, 0) is 17.8 Å². The summed E-state index contributed by atoms with van der Waals surface area (Å²) in [6, 6.07) is 7.75. The van der Waals surface area contributed by atoms with E-state index in [1.54, 1.807) is 0 Å². The zero-order valence-corrected chi connectivity index (χ0v) is 13.2. The Balaban J connectivity index is 0.00000220. The highest BCUT2D eigenvalue weighted by molar-refractivity contribution is 5.93. The summed E-state index contributed by atoms with van der Waals surface area (Å²) >= 11 is 0. The Labute approximate surface area is 130 Å². The van der Waals surface area contributed by atoms with Gasteiger partial charge in [-0.25, -0.2) is 0 Å². The van der Waals surface area contributed by atoms with Gasteiger partial charge in [0.25, 0.3) is 0 Å². The van der Waals surface area contributed by atoms with Gasteiger partial charge in [-0.05, 0) is 32.5 Å². The molecule has 0 saturated heterocycles. The minimum absolute atomic E-state index is 0. The number of hydrogen-bond acceptors (Lipinski definition) is 4. The van der Waals surface area contributed by atoms with E-state index in [0.717, 1.165) is 22.5 Å². The number of amides is 1. The van der Waals surface area contributed by atoms with E-state index in [-0.39, 0.29) is 24.7 Å². The molecular formula is C15H20ClN3O2. The van der Waals surface area contributed by atoms with Gasteiger partial charge < -0.3 is 15.2 Å². The Morgan fingerprint density at radius 3 is 2.62 bits per heavy atom. The van der Waals surface area contributed by atoms with Gasteiger partial charge in [0.2, 0.25) is 5.91 Å². The molecule has 5 nitrogen and oxygen atoms in total. The molecule has 0 radical (unpaired) electrons. The Bertz CT molecular complexity index is 591. The summed E-state index contributed by atoms with van der Waals surface area (Å²) in [4.78, 5) is 12.1. The number of anilines is 1. The van der Waals surface area contributed by atoms with E-state index in [1.165, 1.54) is 0 Å². The van der Waals surface area contributed by atoms with Crippen LogP contribution in [0.25, 0.3) is 0 Å². The third-order valence-corrected chi connectivity index (χ3v) is 3.18. The Morgan fingerprint density at radius 1 is 1.29 bits per heavy atom. The van der Waals surface area contributed by atoms with Crippen molar-refractivity contribution < 1.29 is 9.32 Å². The normalized spacial score (nSPS) is 10.0. The number of aryl methyl sites for hydroxylation is 2. The first-order valence-corrected chi connectivity index (χ1v) is 6.56. The average Bonchev–Trinajstić information content (AvgIpc) is 2.73. The quantitative estimate of drug-likeness (QED) is 0.891.